The highest BCUT2D eigenvalue weighted by atomic mass is 32.1. The lowest BCUT2D eigenvalue weighted by Gasteiger charge is -2.33. The molecular weight excluding hydrogens is 342 g/mol. The van der Waals surface area contributed by atoms with Crippen LogP contribution in [0, 0.1) is 5.92 Å². The van der Waals surface area contributed by atoms with E-state index in [0.717, 1.165) is 24.7 Å². The van der Waals surface area contributed by atoms with Crippen LogP contribution in [0.25, 0.3) is 0 Å². The number of thiophene rings is 1. The second-order valence-electron chi connectivity index (χ2n) is 7.30. The number of nitrogens with one attached hydrogen (secondary N) is 1. The number of quaternary nitrogens is 1. The first-order valence-corrected chi connectivity index (χ1v) is 10.4. The fourth-order valence-corrected chi connectivity index (χ4v) is 4.89. The average molecular weight is 369 g/mol. The van der Waals surface area contributed by atoms with Crippen molar-refractivity contribution >= 4 is 11.3 Å². The first-order valence-electron chi connectivity index (χ1n) is 9.49. The van der Waals surface area contributed by atoms with Gasteiger partial charge in [-0.05, 0) is 46.7 Å². The van der Waals surface area contributed by atoms with Gasteiger partial charge in [0.15, 0.2) is 6.04 Å². The molecule has 26 heavy (non-hydrogen) atoms. The van der Waals surface area contributed by atoms with E-state index >= 15 is 0 Å². The molecule has 3 heterocycles. The molecule has 0 amide bonds. The maximum absolute atomic E-state index is 4.47. The minimum absolute atomic E-state index is 0.239. The SMILES string of the molecule is C[C@@H]1CCC[NH+]([C@H](c2cccs2)c2nnnn2CCc2ccccc2)C1. The molecule has 5 nitrogen and oxygen atoms in total. The van der Waals surface area contributed by atoms with Gasteiger partial charge in [0.25, 0.3) is 0 Å². The Morgan fingerprint density at radius 3 is 2.88 bits per heavy atom. The third kappa shape index (κ3) is 3.86. The van der Waals surface area contributed by atoms with E-state index in [1.165, 1.54) is 36.4 Å². The van der Waals surface area contributed by atoms with E-state index in [4.69, 9.17) is 0 Å². The van der Waals surface area contributed by atoms with Gasteiger partial charge in [0.05, 0.1) is 18.0 Å². The summed E-state index contributed by atoms with van der Waals surface area (Å²) in [6, 6.07) is 15.2. The highest BCUT2D eigenvalue weighted by Gasteiger charge is 2.34. The molecule has 0 saturated carbocycles. The maximum Gasteiger partial charge on any atom is 0.215 e. The highest BCUT2D eigenvalue weighted by Crippen LogP contribution is 2.23. The molecule has 1 aromatic carbocycles. The minimum Gasteiger partial charge on any atom is -0.321 e. The number of aromatic nitrogens is 4. The number of hydrogen-bond acceptors (Lipinski definition) is 4. The molecule has 4 rings (SSSR count). The van der Waals surface area contributed by atoms with Crippen LogP contribution in [0.1, 0.15) is 42.1 Å². The van der Waals surface area contributed by atoms with Crippen molar-refractivity contribution in [2.45, 2.75) is 38.8 Å². The van der Waals surface area contributed by atoms with Crippen LogP contribution >= 0.6 is 11.3 Å². The summed E-state index contributed by atoms with van der Waals surface area (Å²) >= 11 is 1.82. The Hall–Kier alpha value is -2.05. The average Bonchev–Trinajstić information content (AvgIpc) is 3.34. The summed E-state index contributed by atoms with van der Waals surface area (Å²) in [5, 5.41) is 15.0. The molecule has 1 fully saturated rings. The topological polar surface area (TPSA) is 48.0 Å². The summed E-state index contributed by atoms with van der Waals surface area (Å²) in [5.74, 6) is 1.77. The van der Waals surface area contributed by atoms with Gasteiger partial charge in [0.2, 0.25) is 5.82 Å². The Bertz CT molecular complexity index is 799. The number of hydrogen-bond donors (Lipinski definition) is 1. The standard InChI is InChI=1S/C20H25N5S/c1-16-7-5-12-24(15-16)19(18-10-6-14-26-18)20-21-22-23-25(20)13-11-17-8-3-2-4-9-17/h2-4,6,8-10,14,16,19H,5,7,11-13,15H2,1H3/p+1/t16-,19-/m1/s1. The van der Waals surface area contributed by atoms with Crippen molar-refractivity contribution < 1.29 is 4.90 Å². The van der Waals surface area contributed by atoms with Crippen LogP contribution in [-0.2, 0) is 13.0 Å². The van der Waals surface area contributed by atoms with Gasteiger partial charge in [-0.3, -0.25) is 0 Å². The third-order valence-corrected chi connectivity index (χ3v) is 6.25. The van der Waals surface area contributed by atoms with Gasteiger partial charge in [0, 0.05) is 12.5 Å². The minimum atomic E-state index is 0.239. The van der Waals surface area contributed by atoms with Crippen LogP contribution in [0.3, 0.4) is 0 Å². The Labute approximate surface area is 158 Å². The number of likely N-dealkylation sites (tertiary alicyclic amines) is 1. The van der Waals surface area contributed by atoms with E-state index in [0.29, 0.717) is 0 Å². The number of aryl methyl sites for hydroxylation is 2. The van der Waals surface area contributed by atoms with Gasteiger partial charge in [-0.15, -0.1) is 16.4 Å². The molecule has 136 valence electrons. The van der Waals surface area contributed by atoms with Crippen molar-refractivity contribution in [2.75, 3.05) is 13.1 Å². The van der Waals surface area contributed by atoms with Gasteiger partial charge in [0.1, 0.15) is 0 Å². The maximum atomic E-state index is 4.47. The fraction of sp³-hybridized carbons (Fsp3) is 0.450. The Morgan fingerprint density at radius 1 is 1.23 bits per heavy atom. The second-order valence-corrected chi connectivity index (χ2v) is 8.28. The molecular formula is C20H26N5S+. The number of piperidine rings is 1. The zero-order chi connectivity index (χ0) is 17.8. The summed E-state index contributed by atoms with van der Waals surface area (Å²) in [4.78, 5) is 2.96. The molecule has 0 radical (unpaired) electrons. The normalized spacial score (nSPS) is 21.6. The quantitative estimate of drug-likeness (QED) is 0.727. The number of rotatable bonds is 6. The van der Waals surface area contributed by atoms with Crippen molar-refractivity contribution in [3.8, 4) is 0 Å². The van der Waals surface area contributed by atoms with E-state index in [9.17, 15) is 0 Å². The van der Waals surface area contributed by atoms with Crippen LogP contribution in [0.15, 0.2) is 47.8 Å². The Morgan fingerprint density at radius 2 is 2.12 bits per heavy atom. The lowest BCUT2D eigenvalue weighted by atomic mass is 9.98. The number of benzene rings is 1. The summed E-state index contributed by atoms with van der Waals surface area (Å²) in [6.45, 7) is 5.56. The lowest BCUT2D eigenvalue weighted by molar-refractivity contribution is -0.934. The van der Waals surface area contributed by atoms with Crippen molar-refractivity contribution in [3.63, 3.8) is 0 Å². The Balaban J connectivity index is 1.59. The van der Waals surface area contributed by atoms with Crippen LogP contribution in [0.2, 0.25) is 0 Å². The molecule has 1 N–H and O–H groups in total. The summed E-state index contributed by atoms with van der Waals surface area (Å²) in [7, 11) is 0. The molecule has 1 aliphatic rings. The first-order chi connectivity index (χ1) is 12.8. The molecule has 1 aliphatic heterocycles. The van der Waals surface area contributed by atoms with E-state index < -0.39 is 0 Å². The molecule has 6 heteroatoms. The van der Waals surface area contributed by atoms with Gasteiger partial charge in [-0.2, -0.15) is 0 Å². The molecule has 0 spiro atoms. The van der Waals surface area contributed by atoms with E-state index in [2.05, 4.69) is 70.3 Å². The van der Waals surface area contributed by atoms with Crippen molar-refractivity contribution in [1.82, 2.24) is 20.2 Å². The smallest absolute Gasteiger partial charge is 0.215 e. The monoisotopic (exact) mass is 368 g/mol. The summed E-state index contributed by atoms with van der Waals surface area (Å²) in [6.07, 6.45) is 3.56. The third-order valence-electron chi connectivity index (χ3n) is 5.31. The predicted molar refractivity (Wildman–Crippen MR) is 103 cm³/mol. The zero-order valence-corrected chi connectivity index (χ0v) is 16.0. The second kappa shape index (κ2) is 8.10. The summed E-state index contributed by atoms with van der Waals surface area (Å²) < 4.78 is 2.02. The molecule has 3 atom stereocenters. The van der Waals surface area contributed by atoms with Gasteiger partial charge in [-0.25, -0.2) is 4.68 Å². The zero-order valence-electron chi connectivity index (χ0n) is 15.2. The van der Waals surface area contributed by atoms with Gasteiger partial charge >= 0.3 is 0 Å². The van der Waals surface area contributed by atoms with Gasteiger partial charge in [-0.1, -0.05) is 43.3 Å². The van der Waals surface area contributed by atoms with E-state index in [1.54, 1.807) is 4.90 Å². The molecule has 3 aromatic rings. The molecule has 2 aromatic heterocycles. The number of tetrazole rings is 1. The number of nitrogens with zero attached hydrogens (tertiary/aromatic N) is 4. The van der Waals surface area contributed by atoms with Gasteiger partial charge < -0.3 is 4.90 Å². The Kier molecular flexibility index (Phi) is 5.41. The van der Waals surface area contributed by atoms with Crippen molar-refractivity contribution in [3.05, 3.63) is 64.1 Å². The van der Waals surface area contributed by atoms with Crippen LogP contribution in [0.5, 0.6) is 0 Å². The lowest BCUT2D eigenvalue weighted by Crippen LogP contribution is -3.14. The molecule has 1 unspecified atom stereocenters. The van der Waals surface area contributed by atoms with Crippen LogP contribution < -0.4 is 4.90 Å². The molecule has 0 bridgehead atoms. The van der Waals surface area contributed by atoms with Crippen molar-refractivity contribution in [1.29, 1.82) is 0 Å². The molecule has 0 aliphatic carbocycles. The van der Waals surface area contributed by atoms with Crippen LogP contribution in [-0.4, -0.2) is 33.3 Å². The van der Waals surface area contributed by atoms with E-state index in [1.807, 2.05) is 16.0 Å². The fourth-order valence-electron chi connectivity index (χ4n) is 4.02. The molecule has 1 saturated heterocycles. The highest BCUT2D eigenvalue weighted by molar-refractivity contribution is 7.10. The van der Waals surface area contributed by atoms with E-state index in [-0.39, 0.29) is 6.04 Å². The summed E-state index contributed by atoms with van der Waals surface area (Å²) in [5.41, 5.74) is 1.32. The largest absolute Gasteiger partial charge is 0.321 e. The predicted octanol–water partition coefficient (Wildman–Crippen LogP) is 2.38. The van der Waals surface area contributed by atoms with Crippen LogP contribution in [0.4, 0.5) is 0 Å². The van der Waals surface area contributed by atoms with Crippen molar-refractivity contribution in [2.24, 2.45) is 5.92 Å². The first kappa shape index (κ1) is 17.4.